The predicted octanol–water partition coefficient (Wildman–Crippen LogP) is 6.06. The molecule has 2 heterocycles. The summed E-state index contributed by atoms with van der Waals surface area (Å²) < 4.78 is 49.3. The fourth-order valence-electron chi connectivity index (χ4n) is 4.05. The molecule has 0 aliphatic heterocycles. The number of aromatic nitrogens is 2. The second-order valence-corrected chi connectivity index (χ2v) is 8.19. The van der Waals surface area contributed by atoms with Gasteiger partial charge in [0, 0.05) is 17.1 Å². The van der Waals surface area contributed by atoms with E-state index in [0.717, 1.165) is 41.4 Å². The maximum absolute atomic E-state index is 12.7. The number of halogens is 3. The molecule has 170 valence electrons. The summed E-state index contributed by atoms with van der Waals surface area (Å²) in [6.45, 7) is 1.67. The molecule has 1 fully saturated rings. The van der Waals surface area contributed by atoms with Gasteiger partial charge in [-0.1, -0.05) is 17.3 Å². The van der Waals surface area contributed by atoms with Gasteiger partial charge in [0.05, 0.1) is 23.6 Å². The average molecular weight is 455 g/mol. The van der Waals surface area contributed by atoms with E-state index in [1.165, 1.54) is 6.20 Å². The highest BCUT2D eigenvalue weighted by molar-refractivity contribution is 6.09. The van der Waals surface area contributed by atoms with Crippen molar-refractivity contribution in [2.75, 3.05) is 5.32 Å². The lowest BCUT2D eigenvalue weighted by Gasteiger charge is -2.35. The number of nitrogens with one attached hydrogen (secondary N) is 2. The lowest BCUT2D eigenvalue weighted by atomic mass is 9.77. The minimum absolute atomic E-state index is 0.0219. The first-order valence-electron chi connectivity index (χ1n) is 10.5. The normalized spacial score (nSPS) is 18.2. The number of alkyl halides is 3. The summed E-state index contributed by atoms with van der Waals surface area (Å²) in [6, 6.07) is 10.9. The number of amides is 1. The number of aryl methyl sites for hydroxylation is 1. The van der Waals surface area contributed by atoms with Gasteiger partial charge in [0.1, 0.15) is 17.1 Å². The van der Waals surface area contributed by atoms with E-state index in [9.17, 15) is 18.0 Å². The first-order chi connectivity index (χ1) is 15.8. The monoisotopic (exact) mass is 455 g/mol. The van der Waals surface area contributed by atoms with E-state index in [-0.39, 0.29) is 17.9 Å². The number of ether oxygens (including phenoxy) is 1. The molecule has 4 aromatic rings. The Morgan fingerprint density at radius 2 is 1.94 bits per heavy atom. The summed E-state index contributed by atoms with van der Waals surface area (Å²) in [6.07, 6.45) is 0.190. The highest BCUT2D eigenvalue weighted by Crippen LogP contribution is 2.41. The number of fused-ring (bicyclic) bond motifs is 1. The molecule has 0 spiro atoms. The Bertz CT molecular complexity index is 1300. The molecule has 0 radical (unpaired) electrons. The molecule has 1 aliphatic rings. The summed E-state index contributed by atoms with van der Waals surface area (Å²) in [5, 5.41) is 7.28. The zero-order chi connectivity index (χ0) is 23.2. The van der Waals surface area contributed by atoms with Crippen molar-refractivity contribution in [3.05, 3.63) is 77.3 Å². The molecule has 6 nitrogen and oxygen atoms in total. The molecular weight excluding hydrogens is 435 g/mol. The standard InChI is InChI=1S/C24H20F3N3O3/c1-13-20(11-29-33-13)23(31)30-22-12-28-21-7-6-17(10-19(21)22)32-18-8-15(9-18)14-2-4-16(5-3-14)24(25,26)27/h2-7,10-12,15,18,28H,8-9H2,1H3,(H,30,31)/t15-,18+. The van der Waals surface area contributed by atoms with Gasteiger partial charge in [-0.05, 0) is 61.6 Å². The van der Waals surface area contributed by atoms with Crippen molar-refractivity contribution in [3.8, 4) is 5.75 Å². The van der Waals surface area contributed by atoms with Crippen molar-refractivity contribution in [2.24, 2.45) is 0 Å². The van der Waals surface area contributed by atoms with Gasteiger partial charge >= 0.3 is 6.18 Å². The molecule has 0 saturated heterocycles. The van der Waals surface area contributed by atoms with Gasteiger partial charge in [0.25, 0.3) is 5.91 Å². The van der Waals surface area contributed by atoms with Gasteiger partial charge in [-0.25, -0.2) is 0 Å². The minimum Gasteiger partial charge on any atom is -0.490 e. The Morgan fingerprint density at radius 3 is 2.61 bits per heavy atom. The number of rotatable bonds is 5. The second kappa shape index (κ2) is 7.99. The molecule has 1 aliphatic carbocycles. The number of carbonyl (C=O) groups excluding carboxylic acids is 1. The Balaban J connectivity index is 1.24. The van der Waals surface area contributed by atoms with Gasteiger partial charge in [-0.2, -0.15) is 13.2 Å². The van der Waals surface area contributed by atoms with Crippen LogP contribution in [0.15, 0.2) is 59.4 Å². The Hall–Kier alpha value is -3.75. The van der Waals surface area contributed by atoms with Crippen LogP contribution in [0.3, 0.4) is 0 Å². The van der Waals surface area contributed by atoms with Crippen LogP contribution >= 0.6 is 0 Å². The number of carbonyl (C=O) groups is 1. The van der Waals surface area contributed by atoms with Crippen LogP contribution in [0, 0.1) is 6.92 Å². The van der Waals surface area contributed by atoms with Crippen molar-refractivity contribution in [2.45, 2.75) is 38.0 Å². The second-order valence-electron chi connectivity index (χ2n) is 8.19. The van der Waals surface area contributed by atoms with Crippen molar-refractivity contribution in [1.82, 2.24) is 10.1 Å². The van der Waals surface area contributed by atoms with E-state index < -0.39 is 11.7 Å². The number of hydrogen-bond acceptors (Lipinski definition) is 4. The lowest BCUT2D eigenvalue weighted by Crippen LogP contribution is -2.32. The van der Waals surface area contributed by atoms with Crippen LogP contribution in [0.25, 0.3) is 10.9 Å². The highest BCUT2D eigenvalue weighted by Gasteiger charge is 2.34. The van der Waals surface area contributed by atoms with Gasteiger partial charge in [0.2, 0.25) is 0 Å². The number of anilines is 1. The van der Waals surface area contributed by atoms with E-state index >= 15 is 0 Å². The van der Waals surface area contributed by atoms with E-state index in [4.69, 9.17) is 9.26 Å². The first-order valence-corrected chi connectivity index (χ1v) is 10.5. The smallest absolute Gasteiger partial charge is 0.416 e. The average Bonchev–Trinajstić information content (AvgIpc) is 3.36. The lowest BCUT2D eigenvalue weighted by molar-refractivity contribution is -0.137. The molecule has 0 bridgehead atoms. The van der Waals surface area contributed by atoms with Crippen LogP contribution in [0.1, 0.15) is 46.0 Å². The van der Waals surface area contributed by atoms with Gasteiger partial charge < -0.3 is 19.6 Å². The topological polar surface area (TPSA) is 80.2 Å². The molecule has 0 unspecified atom stereocenters. The third-order valence-corrected chi connectivity index (χ3v) is 6.00. The van der Waals surface area contributed by atoms with Crippen LogP contribution < -0.4 is 10.1 Å². The largest absolute Gasteiger partial charge is 0.490 e. The van der Waals surface area contributed by atoms with Crippen molar-refractivity contribution in [1.29, 1.82) is 0 Å². The number of hydrogen-bond donors (Lipinski definition) is 2. The number of H-pyrrole nitrogens is 1. The SMILES string of the molecule is Cc1oncc1C(=O)Nc1c[nH]c2ccc(O[C@H]3C[C@@H](c4ccc(C(F)(F)F)cc4)C3)cc12. The fourth-order valence-corrected chi connectivity index (χ4v) is 4.05. The minimum atomic E-state index is -4.33. The quantitative estimate of drug-likeness (QED) is 0.383. The van der Waals surface area contributed by atoms with Crippen molar-refractivity contribution < 1.29 is 27.2 Å². The van der Waals surface area contributed by atoms with E-state index in [0.29, 0.717) is 22.8 Å². The summed E-state index contributed by atoms with van der Waals surface area (Å²) >= 11 is 0. The Kier molecular flexibility index (Phi) is 5.11. The number of aromatic amines is 1. The molecule has 2 aromatic carbocycles. The Morgan fingerprint density at radius 1 is 1.18 bits per heavy atom. The molecule has 1 amide bonds. The van der Waals surface area contributed by atoms with E-state index in [1.807, 2.05) is 18.2 Å². The molecule has 9 heteroatoms. The van der Waals surface area contributed by atoms with Crippen LogP contribution in [-0.2, 0) is 6.18 Å². The first kappa shape index (κ1) is 21.1. The molecule has 2 N–H and O–H groups in total. The van der Waals surface area contributed by atoms with Crippen molar-refractivity contribution >= 4 is 22.5 Å². The molecule has 5 rings (SSSR count). The molecule has 33 heavy (non-hydrogen) atoms. The van der Waals surface area contributed by atoms with Crippen LogP contribution in [0.4, 0.5) is 18.9 Å². The van der Waals surface area contributed by atoms with Crippen LogP contribution in [0.5, 0.6) is 5.75 Å². The summed E-state index contributed by atoms with van der Waals surface area (Å²) in [4.78, 5) is 15.6. The molecule has 2 aromatic heterocycles. The third kappa shape index (κ3) is 4.18. The Labute approximate surface area is 186 Å². The molecule has 1 saturated carbocycles. The zero-order valence-electron chi connectivity index (χ0n) is 17.6. The summed E-state index contributed by atoms with van der Waals surface area (Å²) in [5.74, 6) is 0.952. The predicted molar refractivity (Wildman–Crippen MR) is 115 cm³/mol. The van der Waals surface area contributed by atoms with Crippen LogP contribution in [0.2, 0.25) is 0 Å². The fraction of sp³-hybridized carbons (Fsp3) is 0.250. The number of nitrogens with zero attached hydrogens (tertiary/aromatic N) is 1. The molecule has 0 atom stereocenters. The van der Waals surface area contributed by atoms with E-state index in [2.05, 4.69) is 15.5 Å². The summed E-state index contributed by atoms with van der Waals surface area (Å²) in [7, 11) is 0. The van der Waals surface area contributed by atoms with Gasteiger partial charge in [-0.15, -0.1) is 0 Å². The maximum Gasteiger partial charge on any atom is 0.416 e. The third-order valence-electron chi connectivity index (χ3n) is 6.00. The zero-order valence-corrected chi connectivity index (χ0v) is 17.6. The summed E-state index contributed by atoms with van der Waals surface area (Å²) in [5.41, 5.74) is 2.06. The van der Waals surface area contributed by atoms with Gasteiger partial charge in [0.15, 0.2) is 0 Å². The van der Waals surface area contributed by atoms with Gasteiger partial charge in [-0.3, -0.25) is 4.79 Å². The van der Waals surface area contributed by atoms with Crippen molar-refractivity contribution in [3.63, 3.8) is 0 Å². The van der Waals surface area contributed by atoms with Crippen LogP contribution in [-0.4, -0.2) is 22.2 Å². The highest BCUT2D eigenvalue weighted by atomic mass is 19.4. The maximum atomic E-state index is 12.7. The van der Waals surface area contributed by atoms with E-state index in [1.54, 1.807) is 25.3 Å². The molecular formula is C24H20F3N3O3. The number of benzene rings is 2.